The van der Waals surface area contributed by atoms with Crippen molar-refractivity contribution in [1.82, 2.24) is 0 Å². The normalized spacial score (nSPS) is 12.0. The van der Waals surface area contributed by atoms with E-state index in [2.05, 4.69) is 52.9 Å². The van der Waals surface area contributed by atoms with Gasteiger partial charge in [-0.1, -0.05) is 46.1 Å². The summed E-state index contributed by atoms with van der Waals surface area (Å²) in [6.07, 6.45) is 9.80. The van der Waals surface area contributed by atoms with Crippen LogP contribution < -0.4 is 0 Å². The standard InChI is InChI=1S/C22H36O5Si/c1-9-14-22(19(23)25-16-10-2,20(24)26-17-11-3)15-12-13-18-27-28(7,8)21(4,5)6/h1,10-11H,2-3,12-18H2,4-8H3. The molecule has 0 aromatic heterocycles. The number of rotatable bonds is 13. The Morgan fingerprint density at radius 3 is 1.93 bits per heavy atom. The number of carbonyl (C=O) groups is 2. The number of terminal acetylenes is 1. The number of esters is 2. The monoisotopic (exact) mass is 408 g/mol. The zero-order valence-corrected chi connectivity index (χ0v) is 19.1. The van der Waals surface area contributed by atoms with Gasteiger partial charge in [0.15, 0.2) is 13.7 Å². The van der Waals surface area contributed by atoms with E-state index < -0.39 is 25.7 Å². The van der Waals surface area contributed by atoms with E-state index in [4.69, 9.17) is 20.3 Å². The summed E-state index contributed by atoms with van der Waals surface area (Å²) in [6.45, 7) is 18.6. The fourth-order valence-corrected chi connectivity index (χ4v) is 3.40. The Balaban J connectivity index is 5.13. The summed E-state index contributed by atoms with van der Waals surface area (Å²) >= 11 is 0. The van der Waals surface area contributed by atoms with Crippen LogP contribution in [0.2, 0.25) is 18.1 Å². The Morgan fingerprint density at radius 1 is 1.04 bits per heavy atom. The first-order chi connectivity index (χ1) is 13.0. The van der Waals surface area contributed by atoms with Crippen molar-refractivity contribution in [2.75, 3.05) is 19.8 Å². The summed E-state index contributed by atoms with van der Waals surface area (Å²) < 4.78 is 16.5. The van der Waals surface area contributed by atoms with Crippen molar-refractivity contribution in [2.45, 2.75) is 64.6 Å². The first kappa shape index (κ1) is 26.2. The molecule has 0 aliphatic rings. The highest BCUT2D eigenvalue weighted by molar-refractivity contribution is 6.74. The zero-order chi connectivity index (χ0) is 21.8. The molecule has 0 radical (unpaired) electrons. The third kappa shape index (κ3) is 7.65. The maximum atomic E-state index is 12.7. The van der Waals surface area contributed by atoms with Crippen LogP contribution in [0.5, 0.6) is 0 Å². The largest absolute Gasteiger partial charge is 0.461 e. The molecule has 0 rings (SSSR count). The van der Waals surface area contributed by atoms with Crippen molar-refractivity contribution in [3.05, 3.63) is 25.3 Å². The molecule has 0 saturated heterocycles. The molecular weight excluding hydrogens is 372 g/mol. The lowest BCUT2D eigenvalue weighted by atomic mass is 9.79. The second-order valence-corrected chi connectivity index (χ2v) is 13.1. The predicted octanol–water partition coefficient (Wildman–Crippen LogP) is 4.65. The van der Waals surface area contributed by atoms with Crippen LogP contribution in [0, 0.1) is 17.8 Å². The molecule has 28 heavy (non-hydrogen) atoms. The molecule has 6 heteroatoms. The predicted molar refractivity (Wildman–Crippen MR) is 115 cm³/mol. The first-order valence-electron chi connectivity index (χ1n) is 9.62. The highest BCUT2D eigenvalue weighted by Crippen LogP contribution is 2.37. The third-order valence-corrected chi connectivity index (χ3v) is 9.66. The topological polar surface area (TPSA) is 61.8 Å². The van der Waals surface area contributed by atoms with Crippen molar-refractivity contribution in [2.24, 2.45) is 5.41 Å². The van der Waals surface area contributed by atoms with E-state index in [0.29, 0.717) is 19.4 Å². The van der Waals surface area contributed by atoms with E-state index >= 15 is 0 Å². The van der Waals surface area contributed by atoms with Gasteiger partial charge in [0.2, 0.25) is 0 Å². The molecule has 0 aromatic rings. The number of carbonyl (C=O) groups excluding carboxylic acids is 2. The summed E-state index contributed by atoms with van der Waals surface area (Å²) in [7, 11) is -1.83. The van der Waals surface area contributed by atoms with Crippen LogP contribution in [0.3, 0.4) is 0 Å². The SMILES string of the molecule is C#CCC(CCCCO[Si](C)(C)C(C)(C)C)(C(=O)OCC=C)C(=O)OCC=C. The van der Waals surface area contributed by atoms with Crippen molar-refractivity contribution < 1.29 is 23.5 Å². The molecule has 0 atom stereocenters. The maximum absolute atomic E-state index is 12.7. The minimum absolute atomic E-state index is 0.00831. The molecule has 0 fully saturated rings. The molecule has 0 aliphatic carbocycles. The lowest BCUT2D eigenvalue weighted by Gasteiger charge is -2.36. The molecule has 0 amide bonds. The summed E-state index contributed by atoms with van der Waals surface area (Å²) in [5, 5.41) is 0.128. The molecule has 0 aliphatic heterocycles. The van der Waals surface area contributed by atoms with E-state index in [-0.39, 0.29) is 31.1 Å². The molecule has 0 heterocycles. The Hall–Kier alpha value is -1.84. The average Bonchev–Trinajstić information content (AvgIpc) is 2.61. The first-order valence-corrected chi connectivity index (χ1v) is 12.5. The minimum atomic E-state index is -1.83. The van der Waals surface area contributed by atoms with Gasteiger partial charge in [-0.2, -0.15) is 0 Å². The van der Waals surface area contributed by atoms with Gasteiger partial charge < -0.3 is 13.9 Å². The number of hydrogen-bond donors (Lipinski definition) is 0. The van der Waals surface area contributed by atoms with E-state index in [1.165, 1.54) is 12.2 Å². The summed E-state index contributed by atoms with van der Waals surface area (Å²) in [6, 6.07) is 0. The highest BCUT2D eigenvalue weighted by atomic mass is 28.4. The van der Waals surface area contributed by atoms with Crippen LogP contribution in [0.15, 0.2) is 25.3 Å². The van der Waals surface area contributed by atoms with Crippen LogP contribution in [-0.2, 0) is 23.5 Å². The molecule has 5 nitrogen and oxygen atoms in total. The van der Waals surface area contributed by atoms with Crippen LogP contribution in [0.25, 0.3) is 0 Å². The van der Waals surface area contributed by atoms with Crippen molar-refractivity contribution >= 4 is 20.3 Å². The van der Waals surface area contributed by atoms with Crippen molar-refractivity contribution in [3.8, 4) is 12.3 Å². The van der Waals surface area contributed by atoms with Gasteiger partial charge in [-0.05, 0) is 37.4 Å². The summed E-state index contributed by atoms with van der Waals surface area (Å²) in [4.78, 5) is 25.3. The second kappa shape index (κ2) is 11.9. The molecule has 158 valence electrons. The number of ether oxygens (including phenoxy) is 2. The van der Waals surface area contributed by atoms with Crippen LogP contribution in [0.1, 0.15) is 46.5 Å². The Morgan fingerprint density at radius 2 is 1.54 bits per heavy atom. The van der Waals surface area contributed by atoms with Crippen molar-refractivity contribution in [1.29, 1.82) is 0 Å². The van der Waals surface area contributed by atoms with Crippen molar-refractivity contribution in [3.63, 3.8) is 0 Å². The summed E-state index contributed by atoms with van der Waals surface area (Å²) in [5.41, 5.74) is -1.52. The van der Waals surface area contributed by atoms with Gasteiger partial charge in [0.1, 0.15) is 13.2 Å². The fourth-order valence-electron chi connectivity index (χ4n) is 2.31. The minimum Gasteiger partial charge on any atom is -0.461 e. The molecule has 0 bridgehead atoms. The van der Waals surface area contributed by atoms with E-state index in [1.54, 1.807) is 0 Å². The summed E-state index contributed by atoms with van der Waals surface area (Å²) in [5.74, 6) is 1.08. The molecule has 0 spiro atoms. The van der Waals surface area contributed by atoms with Gasteiger partial charge in [0, 0.05) is 13.0 Å². The third-order valence-electron chi connectivity index (χ3n) is 5.12. The Kier molecular flexibility index (Phi) is 11.1. The van der Waals surface area contributed by atoms with Gasteiger partial charge in [-0.3, -0.25) is 9.59 Å². The van der Waals surface area contributed by atoms with Gasteiger partial charge in [0.25, 0.3) is 0 Å². The highest BCUT2D eigenvalue weighted by Gasteiger charge is 2.48. The van der Waals surface area contributed by atoms with Gasteiger partial charge >= 0.3 is 11.9 Å². The Bertz CT molecular complexity index is 557. The Labute approximate surface area is 171 Å². The van der Waals surface area contributed by atoms with Crippen LogP contribution in [0.4, 0.5) is 0 Å². The van der Waals surface area contributed by atoms with Crippen LogP contribution in [-0.4, -0.2) is 40.1 Å². The smallest absolute Gasteiger partial charge is 0.324 e. The fraction of sp³-hybridized carbons (Fsp3) is 0.636. The van der Waals surface area contributed by atoms with E-state index in [0.717, 1.165) is 0 Å². The zero-order valence-electron chi connectivity index (χ0n) is 18.1. The lowest BCUT2D eigenvalue weighted by Crippen LogP contribution is -2.42. The number of hydrogen-bond acceptors (Lipinski definition) is 5. The quantitative estimate of drug-likeness (QED) is 0.111. The second-order valence-electron chi connectivity index (χ2n) is 8.30. The van der Waals surface area contributed by atoms with Gasteiger partial charge in [-0.15, -0.1) is 12.3 Å². The molecule has 0 saturated carbocycles. The van der Waals surface area contributed by atoms with E-state index in [1.807, 2.05) is 0 Å². The van der Waals surface area contributed by atoms with Gasteiger partial charge in [0.05, 0.1) is 0 Å². The van der Waals surface area contributed by atoms with Crippen LogP contribution >= 0.6 is 0 Å². The molecular formula is C22H36O5Si. The van der Waals surface area contributed by atoms with Gasteiger partial charge in [-0.25, -0.2) is 0 Å². The molecule has 0 N–H and O–H groups in total. The maximum Gasteiger partial charge on any atom is 0.324 e. The average molecular weight is 409 g/mol. The lowest BCUT2D eigenvalue weighted by molar-refractivity contribution is -0.171. The molecule has 0 aromatic carbocycles. The molecule has 0 unspecified atom stereocenters. The van der Waals surface area contributed by atoms with E-state index in [9.17, 15) is 9.59 Å². The number of unbranched alkanes of at least 4 members (excludes halogenated alkanes) is 1.